The van der Waals surface area contributed by atoms with Gasteiger partial charge < -0.3 is 10.1 Å². The molecule has 11 heteroatoms. The van der Waals surface area contributed by atoms with Gasteiger partial charge in [-0.1, -0.05) is 18.2 Å². The molecule has 0 radical (unpaired) electrons. The Labute approximate surface area is 207 Å². The topological polar surface area (TPSA) is 64.1 Å². The first kappa shape index (κ1) is 25.9. The number of fused-ring (bicyclic) bond motifs is 1. The summed E-state index contributed by atoms with van der Waals surface area (Å²) in [5.41, 5.74) is -0.329. The number of rotatable bonds is 6. The van der Waals surface area contributed by atoms with Gasteiger partial charge in [0.25, 0.3) is 17.7 Å². The second-order valence-corrected chi connectivity index (χ2v) is 8.36. The van der Waals surface area contributed by atoms with Crippen LogP contribution in [0.1, 0.15) is 32.6 Å². The number of nitrogens with zero attached hydrogens (tertiary/aromatic N) is 2. The summed E-state index contributed by atoms with van der Waals surface area (Å²) in [6, 6.07) is 11.1. The highest BCUT2D eigenvalue weighted by Crippen LogP contribution is 2.34. The molecule has 0 atom stereocenters. The monoisotopic (exact) mass is 519 g/mol. The van der Waals surface area contributed by atoms with Crippen LogP contribution in [0.2, 0.25) is 0 Å². The van der Waals surface area contributed by atoms with Crippen LogP contribution in [-0.2, 0) is 12.1 Å². The maximum Gasteiger partial charge on any atom is 0.416 e. The molecule has 37 heavy (non-hydrogen) atoms. The minimum atomic E-state index is -4.66. The molecule has 0 saturated carbocycles. The van der Waals surface area contributed by atoms with E-state index < -0.39 is 47.4 Å². The van der Waals surface area contributed by atoms with Crippen molar-refractivity contribution in [2.75, 3.05) is 6.54 Å². The van der Waals surface area contributed by atoms with Gasteiger partial charge in [0.2, 0.25) is 0 Å². The largest absolute Gasteiger partial charge is 0.437 e. The van der Waals surface area contributed by atoms with Crippen molar-refractivity contribution in [2.24, 2.45) is 0 Å². The van der Waals surface area contributed by atoms with Gasteiger partial charge in [-0.3, -0.25) is 4.79 Å². The number of hydrogen-bond donors (Lipinski definition) is 1. The third kappa shape index (κ3) is 5.65. The number of benzene rings is 3. The lowest BCUT2D eigenvalue weighted by Gasteiger charge is -2.19. The van der Waals surface area contributed by atoms with Crippen molar-refractivity contribution in [1.82, 2.24) is 15.5 Å². The van der Waals surface area contributed by atoms with E-state index in [2.05, 4.69) is 15.5 Å². The summed E-state index contributed by atoms with van der Waals surface area (Å²) in [5, 5.41) is 9.61. The van der Waals surface area contributed by atoms with Crippen LogP contribution in [0.5, 0.6) is 11.6 Å². The van der Waals surface area contributed by atoms with Crippen molar-refractivity contribution < 1.29 is 35.9 Å². The molecule has 4 aromatic rings. The molecule has 1 amide bonds. The van der Waals surface area contributed by atoms with Gasteiger partial charge in [0, 0.05) is 17.0 Å². The van der Waals surface area contributed by atoms with Gasteiger partial charge in [0.1, 0.15) is 17.1 Å². The number of carbonyl (C=O) groups excluding carboxylic acids is 1. The molecule has 0 bridgehead atoms. The molecule has 0 fully saturated rings. The minimum Gasteiger partial charge on any atom is -0.437 e. The number of carbonyl (C=O) groups is 1. The molecule has 0 unspecified atom stereocenters. The first-order valence-electron chi connectivity index (χ1n) is 10.9. The van der Waals surface area contributed by atoms with Crippen molar-refractivity contribution in [3.63, 3.8) is 0 Å². The van der Waals surface area contributed by atoms with Gasteiger partial charge >= 0.3 is 6.18 Å². The van der Waals surface area contributed by atoms with E-state index in [4.69, 9.17) is 4.74 Å². The standard InChI is InChI=1S/C26H19F6N3O2/c1-14-6-7-16(10-15(14)2)25(28,29)13-33-23(36)22-20-9-8-18(27)12-21(20)34-35-24(22)37-19-5-3-4-17(11-19)26(30,31)32/h3-12H,13H2,1-2H3,(H,33,36). The Morgan fingerprint density at radius 3 is 2.35 bits per heavy atom. The molecular formula is C26H19F6N3O2. The van der Waals surface area contributed by atoms with Crippen LogP contribution in [0.3, 0.4) is 0 Å². The normalized spacial score (nSPS) is 12.0. The van der Waals surface area contributed by atoms with Gasteiger partial charge in [0.15, 0.2) is 0 Å². The number of alkyl halides is 5. The zero-order valence-corrected chi connectivity index (χ0v) is 19.5. The van der Waals surface area contributed by atoms with Crippen LogP contribution >= 0.6 is 0 Å². The second-order valence-electron chi connectivity index (χ2n) is 8.36. The lowest BCUT2D eigenvalue weighted by molar-refractivity contribution is -0.137. The molecule has 0 spiro atoms. The molecule has 0 aliphatic heterocycles. The Balaban J connectivity index is 1.69. The molecule has 5 nitrogen and oxygen atoms in total. The number of amides is 1. The summed E-state index contributed by atoms with van der Waals surface area (Å²) in [5.74, 6) is -6.05. The van der Waals surface area contributed by atoms with E-state index in [0.29, 0.717) is 11.6 Å². The maximum atomic E-state index is 14.9. The first-order chi connectivity index (χ1) is 17.3. The summed E-state index contributed by atoms with van der Waals surface area (Å²) in [6.45, 7) is 2.36. The van der Waals surface area contributed by atoms with E-state index in [1.165, 1.54) is 30.3 Å². The second kappa shape index (κ2) is 9.72. The van der Waals surface area contributed by atoms with Crippen LogP contribution in [0.4, 0.5) is 26.3 Å². The first-order valence-corrected chi connectivity index (χ1v) is 10.9. The summed E-state index contributed by atoms with van der Waals surface area (Å²) in [6.07, 6.45) is -4.66. The average Bonchev–Trinajstić information content (AvgIpc) is 2.84. The van der Waals surface area contributed by atoms with Gasteiger partial charge in [-0.25, -0.2) is 4.39 Å². The molecule has 0 aliphatic rings. The predicted molar refractivity (Wildman–Crippen MR) is 123 cm³/mol. The number of nitrogens with one attached hydrogen (secondary N) is 1. The molecule has 3 aromatic carbocycles. The molecule has 0 saturated heterocycles. The predicted octanol–water partition coefficient (Wildman–Crippen LogP) is 6.72. The number of aryl methyl sites for hydroxylation is 2. The van der Waals surface area contributed by atoms with Crippen LogP contribution in [0.25, 0.3) is 10.9 Å². The molecule has 4 rings (SSSR count). The molecular weight excluding hydrogens is 500 g/mol. The van der Waals surface area contributed by atoms with Gasteiger partial charge in [-0.05, 0) is 61.4 Å². The van der Waals surface area contributed by atoms with Crippen molar-refractivity contribution >= 4 is 16.8 Å². The van der Waals surface area contributed by atoms with Crippen LogP contribution < -0.4 is 10.1 Å². The zero-order valence-electron chi connectivity index (χ0n) is 19.5. The fourth-order valence-corrected chi connectivity index (χ4v) is 3.55. The summed E-state index contributed by atoms with van der Waals surface area (Å²) < 4.78 is 88.2. The van der Waals surface area contributed by atoms with Crippen LogP contribution in [0, 0.1) is 19.7 Å². The van der Waals surface area contributed by atoms with E-state index >= 15 is 0 Å². The molecule has 0 aliphatic carbocycles. The van der Waals surface area contributed by atoms with Crippen LogP contribution in [-0.4, -0.2) is 22.6 Å². The number of hydrogen-bond acceptors (Lipinski definition) is 4. The Morgan fingerprint density at radius 2 is 1.65 bits per heavy atom. The van der Waals surface area contributed by atoms with Crippen LogP contribution in [0.15, 0.2) is 60.7 Å². The summed E-state index contributed by atoms with van der Waals surface area (Å²) >= 11 is 0. The lowest BCUT2D eigenvalue weighted by atomic mass is 10.0. The Kier molecular flexibility index (Phi) is 6.81. The SMILES string of the molecule is Cc1ccc(C(F)(F)CNC(=O)c2c(Oc3cccc(C(F)(F)F)c3)nnc3cc(F)ccc23)cc1C. The van der Waals surface area contributed by atoms with Crippen molar-refractivity contribution in [3.8, 4) is 11.6 Å². The molecule has 192 valence electrons. The molecule has 1 aromatic heterocycles. The Bertz CT molecular complexity index is 1490. The number of ether oxygens (including phenoxy) is 1. The quantitative estimate of drug-likeness (QED) is 0.287. The summed E-state index contributed by atoms with van der Waals surface area (Å²) in [4.78, 5) is 13.1. The average molecular weight is 519 g/mol. The fraction of sp³-hybridized carbons (Fsp3) is 0.192. The number of aromatic nitrogens is 2. The van der Waals surface area contributed by atoms with Gasteiger partial charge in [0.05, 0.1) is 17.6 Å². The smallest absolute Gasteiger partial charge is 0.416 e. The number of halogens is 6. The van der Waals surface area contributed by atoms with Crippen molar-refractivity contribution in [1.29, 1.82) is 0 Å². The zero-order chi connectivity index (χ0) is 27.0. The third-order valence-electron chi connectivity index (χ3n) is 5.69. The Hall–Kier alpha value is -4.15. The maximum absolute atomic E-state index is 14.9. The minimum absolute atomic E-state index is 0.00497. The van der Waals surface area contributed by atoms with Gasteiger partial charge in [-0.15, -0.1) is 10.2 Å². The lowest BCUT2D eigenvalue weighted by Crippen LogP contribution is -2.35. The molecule has 1 N–H and O–H groups in total. The van der Waals surface area contributed by atoms with Gasteiger partial charge in [-0.2, -0.15) is 22.0 Å². The van der Waals surface area contributed by atoms with E-state index in [0.717, 1.165) is 29.8 Å². The Morgan fingerprint density at radius 1 is 0.892 bits per heavy atom. The highest BCUT2D eigenvalue weighted by Gasteiger charge is 2.34. The fourth-order valence-electron chi connectivity index (χ4n) is 3.55. The highest BCUT2D eigenvalue weighted by molar-refractivity contribution is 6.07. The third-order valence-corrected chi connectivity index (χ3v) is 5.69. The van der Waals surface area contributed by atoms with E-state index in [1.807, 2.05) is 0 Å². The van der Waals surface area contributed by atoms with Crippen molar-refractivity contribution in [3.05, 3.63) is 94.3 Å². The highest BCUT2D eigenvalue weighted by atomic mass is 19.4. The van der Waals surface area contributed by atoms with E-state index in [-0.39, 0.29) is 22.2 Å². The van der Waals surface area contributed by atoms with Crippen molar-refractivity contribution in [2.45, 2.75) is 25.9 Å². The van der Waals surface area contributed by atoms with E-state index in [1.54, 1.807) is 13.8 Å². The van der Waals surface area contributed by atoms with E-state index in [9.17, 15) is 31.1 Å². The molecule has 1 heterocycles. The summed E-state index contributed by atoms with van der Waals surface area (Å²) in [7, 11) is 0.